The number of nitrogens with zero attached hydrogens (tertiary/aromatic N) is 3. The average Bonchev–Trinajstić information content (AvgIpc) is 2.65. The summed E-state index contributed by atoms with van der Waals surface area (Å²) in [6.45, 7) is 9.24. The van der Waals surface area contributed by atoms with E-state index >= 15 is 0 Å². The molecule has 0 aromatic carbocycles. The molecule has 0 bridgehead atoms. The molecule has 0 spiro atoms. The summed E-state index contributed by atoms with van der Waals surface area (Å²) in [5.41, 5.74) is 0. The number of halogens is 1. The summed E-state index contributed by atoms with van der Waals surface area (Å²) in [7, 11) is 0. The van der Waals surface area contributed by atoms with Gasteiger partial charge in [0.25, 0.3) is 0 Å². The zero-order valence-electron chi connectivity index (χ0n) is 11.0. The Bertz CT molecular complexity index is 311. The number of rotatable bonds is 8. The van der Waals surface area contributed by atoms with E-state index in [9.17, 15) is 0 Å². The van der Waals surface area contributed by atoms with Crippen LogP contribution < -0.4 is 5.32 Å². The smallest absolute Gasteiger partial charge is 0.140 e. The molecule has 1 atom stereocenters. The van der Waals surface area contributed by atoms with Crippen molar-refractivity contribution in [2.75, 3.05) is 12.4 Å². The molecule has 0 fully saturated rings. The van der Waals surface area contributed by atoms with Gasteiger partial charge in [-0.2, -0.15) is 5.10 Å². The van der Waals surface area contributed by atoms with Gasteiger partial charge in [0.15, 0.2) is 0 Å². The van der Waals surface area contributed by atoms with Crippen LogP contribution in [-0.4, -0.2) is 27.2 Å². The van der Waals surface area contributed by atoms with Crippen LogP contribution in [0.5, 0.6) is 0 Å². The van der Waals surface area contributed by atoms with Gasteiger partial charge in [0.05, 0.1) is 6.54 Å². The second-order valence-corrected chi connectivity index (χ2v) is 5.34. The van der Waals surface area contributed by atoms with Crippen LogP contribution in [0.2, 0.25) is 0 Å². The summed E-state index contributed by atoms with van der Waals surface area (Å²) >= 11 is 5.70. The fourth-order valence-corrected chi connectivity index (χ4v) is 2.01. The molecule has 1 aromatic rings. The number of alkyl halides is 1. The highest BCUT2D eigenvalue weighted by molar-refractivity contribution is 6.17. The molecule has 0 saturated heterocycles. The molecular weight excluding hydrogens is 236 g/mol. The lowest BCUT2D eigenvalue weighted by Gasteiger charge is -2.12. The summed E-state index contributed by atoms with van der Waals surface area (Å²) in [6, 6.07) is 0. The van der Waals surface area contributed by atoms with E-state index in [2.05, 4.69) is 36.2 Å². The van der Waals surface area contributed by atoms with Crippen molar-refractivity contribution < 1.29 is 0 Å². The number of aromatic nitrogens is 3. The maximum atomic E-state index is 5.70. The third kappa shape index (κ3) is 5.50. The number of nitrogens with one attached hydrogen (secondary N) is 1. The van der Waals surface area contributed by atoms with Crippen LogP contribution in [0.25, 0.3) is 0 Å². The van der Waals surface area contributed by atoms with Crippen molar-refractivity contribution in [3.8, 4) is 0 Å². The fraction of sp³-hybridized carbons (Fsp3) is 0.833. The lowest BCUT2D eigenvalue weighted by molar-refractivity contribution is 0.444. The second kappa shape index (κ2) is 7.67. The second-order valence-electron chi connectivity index (χ2n) is 4.97. The Morgan fingerprint density at radius 2 is 2.18 bits per heavy atom. The van der Waals surface area contributed by atoms with Gasteiger partial charge in [-0.1, -0.05) is 20.8 Å². The van der Waals surface area contributed by atoms with E-state index in [0.29, 0.717) is 11.8 Å². The van der Waals surface area contributed by atoms with E-state index < -0.39 is 0 Å². The first-order valence-corrected chi connectivity index (χ1v) is 6.80. The van der Waals surface area contributed by atoms with Gasteiger partial charge in [-0.15, -0.1) is 11.6 Å². The Morgan fingerprint density at radius 3 is 2.82 bits per heavy atom. The molecule has 0 aliphatic carbocycles. The van der Waals surface area contributed by atoms with Crippen LogP contribution in [0.1, 0.15) is 33.0 Å². The van der Waals surface area contributed by atoms with Crippen molar-refractivity contribution in [1.29, 1.82) is 0 Å². The summed E-state index contributed by atoms with van der Waals surface area (Å²) in [4.78, 5) is 4.28. The molecule has 0 amide bonds. The molecular formula is C12H23ClN4. The van der Waals surface area contributed by atoms with Gasteiger partial charge in [-0.05, 0) is 24.8 Å². The Kier molecular flexibility index (Phi) is 6.52. The predicted molar refractivity (Wildman–Crippen MR) is 71.1 cm³/mol. The molecule has 1 aromatic heterocycles. The molecule has 0 aliphatic rings. The van der Waals surface area contributed by atoms with E-state index in [4.69, 9.17) is 11.6 Å². The largest absolute Gasteiger partial charge is 0.310 e. The topological polar surface area (TPSA) is 42.7 Å². The van der Waals surface area contributed by atoms with Crippen molar-refractivity contribution in [2.45, 2.75) is 40.3 Å². The molecule has 5 heteroatoms. The highest BCUT2D eigenvalue weighted by Gasteiger charge is 2.06. The van der Waals surface area contributed by atoms with Gasteiger partial charge < -0.3 is 5.32 Å². The molecule has 1 N–H and O–H groups in total. The van der Waals surface area contributed by atoms with Crippen LogP contribution in [-0.2, 0) is 13.1 Å². The summed E-state index contributed by atoms with van der Waals surface area (Å²) in [5.74, 6) is 2.93. The van der Waals surface area contributed by atoms with E-state index in [-0.39, 0.29) is 0 Å². The molecule has 4 nitrogen and oxygen atoms in total. The third-order valence-electron chi connectivity index (χ3n) is 2.61. The van der Waals surface area contributed by atoms with E-state index in [1.54, 1.807) is 6.33 Å². The van der Waals surface area contributed by atoms with Gasteiger partial charge in [0.2, 0.25) is 0 Å². The summed E-state index contributed by atoms with van der Waals surface area (Å²) < 4.78 is 1.98. The van der Waals surface area contributed by atoms with Gasteiger partial charge >= 0.3 is 0 Å². The molecule has 1 unspecified atom stereocenters. The fourth-order valence-electron chi connectivity index (χ4n) is 1.64. The first-order valence-electron chi connectivity index (χ1n) is 6.26. The van der Waals surface area contributed by atoms with Crippen LogP contribution >= 0.6 is 11.6 Å². The van der Waals surface area contributed by atoms with Gasteiger partial charge in [0.1, 0.15) is 12.2 Å². The summed E-state index contributed by atoms with van der Waals surface area (Å²) in [6.07, 6.45) is 2.68. The van der Waals surface area contributed by atoms with Gasteiger partial charge in [-0.25, -0.2) is 9.67 Å². The Labute approximate surface area is 109 Å². The Morgan fingerprint density at radius 1 is 1.41 bits per heavy atom. The lowest BCUT2D eigenvalue weighted by Crippen LogP contribution is -2.23. The van der Waals surface area contributed by atoms with E-state index in [1.807, 2.05) is 4.68 Å². The quantitative estimate of drug-likeness (QED) is 0.728. The van der Waals surface area contributed by atoms with Crippen LogP contribution in [0.4, 0.5) is 0 Å². The standard InChI is InChI=1S/C12H23ClN4/c1-10(2)8-17-12(15-9-16-17)7-14-6-11(3)4-5-13/h9-11,14H,4-8H2,1-3H3. The molecule has 98 valence electrons. The zero-order valence-corrected chi connectivity index (χ0v) is 11.7. The molecule has 1 rings (SSSR count). The maximum Gasteiger partial charge on any atom is 0.140 e. The molecule has 1 heterocycles. The van der Waals surface area contributed by atoms with Gasteiger partial charge in [0, 0.05) is 12.4 Å². The maximum absolute atomic E-state index is 5.70. The molecule has 0 aliphatic heterocycles. The van der Waals surface area contributed by atoms with E-state index in [1.165, 1.54) is 0 Å². The average molecular weight is 259 g/mol. The van der Waals surface area contributed by atoms with Crippen molar-refractivity contribution in [2.24, 2.45) is 11.8 Å². The molecule has 17 heavy (non-hydrogen) atoms. The predicted octanol–water partition coefficient (Wildman–Crippen LogP) is 2.29. The number of hydrogen-bond acceptors (Lipinski definition) is 3. The highest BCUT2D eigenvalue weighted by atomic mass is 35.5. The highest BCUT2D eigenvalue weighted by Crippen LogP contribution is 2.03. The molecule has 0 saturated carbocycles. The van der Waals surface area contributed by atoms with Crippen molar-refractivity contribution in [3.63, 3.8) is 0 Å². The van der Waals surface area contributed by atoms with Crippen LogP contribution in [0.15, 0.2) is 6.33 Å². The Hall–Kier alpha value is -0.610. The summed E-state index contributed by atoms with van der Waals surface area (Å²) in [5, 5.41) is 7.64. The van der Waals surface area contributed by atoms with Crippen LogP contribution in [0.3, 0.4) is 0 Å². The minimum absolute atomic E-state index is 0.589. The van der Waals surface area contributed by atoms with Gasteiger partial charge in [-0.3, -0.25) is 0 Å². The SMILES string of the molecule is CC(C)Cn1ncnc1CNCC(C)CCCl. The zero-order chi connectivity index (χ0) is 12.7. The minimum Gasteiger partial charge on any atom is -0.310 e. The van der Waals surface area contributed by atoms with Crippen molar-refractivity contribution in [3.05, 3.63) is 12.2 Å². The van der Waals surface area contributed by atoms with Crippen molar-refractivity contribution >= 4 is 11.6 Å². The van der Waals surface area contributed by atoms with Crippen molar-refractivity contribution in [1.82, 2.24) is 20.1 Å². The monoisotopic (exact) mass is 258 g/mol. The lowest BCUT2D eigenvalue weighted by atomic mass is 10.1. The molecule has 0 radical (unpaired) electrons. The number of hydrogen-bond donors (Lipinski definition) is 1. The third-order valence-corrected chi connectivity index (χ3v) is 2.83. The minimum atomic E-state index is 0.589. The van der Waals surface area contributed by atoms with Crippen LogP contribution in [0, 0.1) is 11.8 Å². The first-order chi connectivity index (χ1) is 8.13. The normalized spacial score (nSPS) is 13.2. The first kappa shape index (κ1) is 14.5. The Balaban J connectivity index is 2.33. The van der Waals surface area contributed by atoms with E-state index in [0.717, 1.165) is 37.8 Å².